The lowest BCUT2D eigenvalue weighted by atomic mass is 9.94. The average Bonchev–Trinajstić information content (AvgIpc) is 2.30. The molecule has 0 aliphatic rings. The fraction of sp³-hybridized carbons (Fsp3) is 0.333. The highest BCUT2D eigenvalue weighted by atomic mass is 32.2. The first-order valence-corrected chi connectivity index (χ1v) is 7.10. The number of halogens is 1. The fourth-order valence-electron chi connectivity index (χ4n) is 1.40. The third-order valence-corrected chi connectivity index (χ3v) is 4.18. The molecule has 0 aliphatic carbocycles. The van der Waals surface area contributed by atoms with Crippen LogP contribution in [0.15, 0.2) is 24.3 Å². The summed E-state index contributed by atoms with van der Waals surface area (Å²) in [4.78, 5) is 11.9. The van der Waals surface area contributed by atoms with Gasteiger partial charge in [0, 0.05) is 6.26 Å². The summed E-state index contributed by atoms with van der Waals surface area (Å²) in [5, 5.41) is 7.72. The van der Waals surface area contributed by atoms with Gasteiger partial charge in [-0.25, -0.2) is 12.8 Å². The van der Waals surface area contributed by atoms with Crippen molar-refractivity contribution in [1.82, 2.24) is 0 Å². The first kappa shape index (κ1) is 14.3. The van der Waals surface area contributed by atoms with E-state index in [-0.39, 0.29) is 0 Å². The molecule has 1 aromatic carbocycles. The fourth-order valence-corrected chi connectivity index (χ4v) is 1.96. The predicted molar refractivity (Wildman–Crippen MR) is 64.1 cm³/mol. The zero-order valence-corrected chi connectivity index (χ0v) is 10.7. The Kier molecular flexibility index (Phi) is 4.19. The Morgan fingerprint density at radius 2 is 1.83 bits per heavy atom. The molecule has 0 N–H and O–H groups in total. The molecule has 0 fully saturated rings. The van der Waals surface area contributed by atoms with Crippen molar-refractivity contribution < 1.29 is 17.6 Å². The molecule has 2 atom stereocenters. The van der Waals surface area contributed by atoms with Crippen molar-refractivity contribution in [2.75, 3.05) is 6.26 Å². The molecule has 0 spiro atoms. The molecule has 18 heavy (non-hydrogen) atoms. The highest BCUT2D eigenvalue weighted by Gasteiger charge is 2.31. The minimum absolute atomic E-state index is 0.291. The molecule has 0 aliphatic heterocycles. The molecule has 0 saturated carbocycles. The van der Waals surface area contributed by atoms with Gasteiger partial charge in [-0.3, -0.25) is 4.79 Å². The van der Waals surface area contributed by atoms with Crippen molar-refractivity contribution in [3.05, 3.63) is 35.6 Å². The van der Waals surface area contributed by atoms with Gasteiger partial charge in [-0.1, -0.05) is 12.1 Å². The maximum Gasteiger partial charge on any atom is 0.172 e. The van der Waals surface area contributed by atoms with Crippen molar-refractivity contribution in [3.8, 4) is 6.07 Å². The summed E-state index contributed by atoms with van der Waals surface area (Å²) < 4.78 is 35.3. The van der Waals surface area contributed by atoms with Crippen LogP contribution in [-0.2, 0) is 14.6 Å². The minimum Gasteiger partial charge on any atom is -0.296 e. The summed E-state index contributed by atoms with van der Waals surface area (Å²) in [7, 11) is -3.55. The Morgan fingerprint density at radius 3 is 2.22 bits per heavy atom. The van der Waals surface area contributed by atoms with Crippen LogP contribution in [0.25, 0.3) is 0 Å². The van der Waals surface area contributed by atoms with Crippen molar-refractivity contribution in [3.63, 3.8) is 0 Å². The van der Waals surface area contributed by atoms with Gasteiger partial charge in [0.2, 0.25) is 0 Å². The van der Waals surface area contributed by atoms with E-state index in [2.05, 4.69) is 0 Å². The lowest BCUT2D eigenvalue weighted by Crippen LogP contribution is -2.30. The molecule has 1 aromatic rings. The number of benzene rings is 1. The van der Waals surface area contributed by atoms with Gasteiger partial charge in [-0.15, -0.1) is 0 Å². The maximum absolute atomic E-state index is 12.7. The van der Waals surface area contributed by atoms with Crippen molar-refractivity contribution in [2.45, 2.75) is 18.1 Å². The van der Waals surface area contributed by atoms with Crippen LogP contribution in [0.3, 0.4) is 0 Å². The Bertz CT molecular complexity index is 587. The molecule has 4 nitrogen and oxygen atoms in total. The Hall–Kier alpha value is -1.74. The number of nitrogens with zero attached hydrogens (tertiary/aromatic N) is 1. The summed E-state index contributed by atoms with van der Waals surface area (Å²) >= 11 is 0. The van der Waals surface area contributed by atoms with Gasteiger partial charge in [-0.05, 0) is 24.6 Å². The average molecular weight is 269 g/mol. The van der Waals surface area contributed by atoms with Gasteiger partial charge in [-0.2, -0.15) is 5.26 Å². The second-order valence-electron chi connectivity index (χ2n) is 3.99. The smallest absolute Gasteiger partial charge is 0.172 e. The largest absolute Gasteiger partial charge is 0.296 e. The number of carbonyl (C=O) groups is 1. The summed E-state index contributed by atoms with van der Waals surface area (Å²) in [5.41, 5.74) is 0.291. The lowest BCUT2D eigenvalue weighted by Gasteiger charge is -2.13. The van der Waals surface area contributed by atoms with Crippen LogP contribution in [0.2, 0.25) is 0 Å². The lowest BCUT2D eigenvalue weighted by molar-refractivity contribution is -0.118. The van der Waals surface area contributed by atoms with Crippen LogP contribution in [0, 0.1) is 17.1 Å². The molecule has 1 rings (SSSR count). The number of rotatable bonds is 4. The number of hydrogen-bond donors (Lipinski definition) is 0. The van der Waals surface area contributed by atoms with E-state index in [1.54, 1.807) is 6.07 Å². The zero-order valence-electron chi connectivity index (χ0n) is 9.92. The summed E-state index contributed by atoms with van der Waals surface area (Å²) in [6, 6.07) is 6.60. The normalized spacial score (nSPS) is 14.6. The molecule has 0 radical (unpaired) electrons. The van der Waals surface area contributed by atoms with E-state index in [4.69, 9.17) is 5.26 Å². The second kappa shape index (κ2) is 5.27. The Labute approximate surface area is 105 Å². The topological polar surface area (TPSA) is 75.0 Å². The first-order chi connectivity index (χ1) is 8.27. The summed E-state index contributed by atoms with van der Waals surface area (Å²) in [6.45, 7) is 1.24. The predicted octanol–water partition coefficient (Wildman–Crippen LogP) is 1.44. The molecule has 6 heteroatoms. The van der Waals surface area contributed by atoms with Crippen LogP contribution in [0.5, 0.6) is 0 Å². The van der Waals surface area contributed by atoms with Crippen LogP contribution in [-0.4, -0.2) is 25.7 Å². The van der Waals surface area contributed by atoms with Gasteiger partial charge < -0.3 is 0 Å². The van der Waals surface area contributed by atoms with Crippen molar-refractivity contribution in [2.24, 2.45) is 0 Å². The summed E-state index contributed by atoms with van der Waals surface area (Å²) in [5.74, 6) is -2.39. The van der Waals surface area contributed by atoms with Crippen LogP contribution in [0.1, 0.15) is 18.4 Å². The van der Waals surface area contributed by atoms with Gasteiger partial charge in [0.15, 0.2) is 15.6 Å². The molecule has 0 aromatic heterocycles. The second-order valence-corrected chi connectivity index (χ2v) is 6.35. The number of nitriles is 1. The van der Waals surface area contributed by atoms with Crippen LogP contribution < -0.4 is 0 Å². The third-order valence-electron chi connectivity index (χ3n) is 2.66. The molecule has 0 saturated heterocycles. The van der Waals surface area contributed by atoms with Crippen LogP contribution >= 0.6 is 0 Å². The van der Waals surface area contributed by atoms with Gasteiger partial charge in [0.1, 0.15) is 17.0 Å². The molecule has 0 heterocycles. The number of hydrogen-bond acceptors (Lipinski definition) is 4. The van der Waals surface area contributed by atoms with Crippen LogP contribution in [0.4, 0.5) is 4.39 Å². The molecular weight excluding hydrogens is 257 g/mol. The van der Waals surface area contributed by atoms with Gasteiger partial charge in [0.25, 0.3) is 0 Å². The van der Waals surface area contributed by atoms with E-state index in [9.17, 15) is 17.6 Å². The van der Waals surface area contributed by atoms with Gasteiger partial charge >= 0.3 is 0 Å². The molecule has 0 amide bonds. The third kappa shape index (κ3) is 3.14. The first-order valence-electron chi connectivity index (χ1n) is 5.15. The minimum atomic E-state index is -3.55. The van der Waals surface area contributed by atoms with E-state index in [0.717, 1.165) is 18.4 Å². The maximum atomic E-state index is 12.7. The van der Waals surface area contributed by atoms with E-state index in [1.165, 1.54) is 19.1 Å². The summed E-state index contributed by atoms with van der Waals surface area (Å²) in [6.07, 6.45) is 0.939. The Morgan fingerprint density at radius 1 is 1.33 bits per heavy atom. The SMILES string of the molecule is CC(C(=O)C(C#N)c1ccc(F)cc1)S(C)(=O)=O. The van der Waals surface area contributed by atoms with Crippen molar-refractivity contribution in [1.29, 1.82) is 5.26 Å². The monoisotopic (exact) mass is 269 g/mol. The van der Waals surface area contributed by atoms with E-state index in [1.807, 2.05) is 0 Å². The van der Waals surface area contributed by atoms with E-state index in [0.29, 0.717) is 5.56 Å². The zero-order chi connectivity index (χ0) is 13.9. The number of Topliss-reactive ketones (excluding diaryl/α,β-unsaturated/α-hetero) is 1. The number of ketones is 1. The molecular formula is C12H12FNO3S. The quantitative estimate of drug-likeness (QED) is 0.828. The molecule has 2 unspecified atom stereocenters. The highest BCUT2D eigenvalue weighted by molar-refractivity contribution is 7.92. The number of sulfone groups is 1. The van der Waals surface area contributed by atoms with Crippen molar-refractivity contribution >= 4 is 15.6 Å². The standard InChI is InChI=1S/C12H12FNO3S/c1-8(18(2,16)17)12(15)11(7-14)9-3-5-10(13)6-4-9/h3-6,8,11H,1-2H3. The van der Waals surface area contributed by atoms with Gasteiger partial charge in [0.05, 0.1) is 6.07 Å². The highest BCUT2D eigenvalue weighted by Crippen LogP contribution is 2.20. The number of carbonyl (C=O) groups excluding carboxylic acids is 1. The Balaban J connectivity index is 3.09. The molecule has 96 valence electrons. The van der Waals surface area contributed by atoms with E-state index < -0.39 is 32.6 Å². The van der Waals surface area contributed by atoms with E-state index >= 15 is 0 Å². The molecule has 0 bridgehead atoms.